The second kappa shape index (κ2) is 7.18. The van der Waals surface area contributed by atoms with Gasteiger partial charge in [0.1, 0.15) is 11.6 Å². The monoisotopic (exact) mass is 291 g/mol. The van der Waals surface area contributed by atoms with E-state index in [1.54, 1.807) is 0 Å². The van der Waals surface area contributed by atoms with E-state index in [0.29, 0.717) is 5.92 Å². The average Bonchev–Trinajstić information content (AvgIpc) is 2.47. The molecular weight excluding hydrogens is 262 g/mol. The minimum Gasteiger partial charge on any atom is -0.370 e. The van der Waals surface area contributed by atoms with Crippen LogP contribution >= 0.6 is 0 Å². The Morgan fingerprint density at radius 1 is 1.29 bits per heavy atom. The molecule has 2 rings (SSSR count). The highest BCUT2D eigenvalue weighted by Gasteiger charge is 2.26. The van der Waals surface area contributed by atoms with Gasteiger partial charge in [0.05, 0.1) is 6.04 Å². The summed E-state index contributed by atoms with van der Waals surface area (Å²) in [6, 6.07) is 2.38. The van der Waals surface area contributed by atoms with Crippen molar-refractivity contribution in [3.63, 3.8) is 0 Å². The molecule has 1 aromatic heterocycles. The molecule has 1 saturated heterocycles. The lowest BCUT2D eigenvalue weighted by atomic mass is 10.1. The van der Waals surface area contributed by atoms with E-state index in [-0.39, 0.29) is 6.04 Å². The smallest absolute Gasteiger partial charge is 0.149 e. The molecule has 1 unspecified atom stereocenters. The van der Waals surface area contributed by atoms with Crippen LogP contribution in [0.5, 0.6) is 0 Å². The van der Waals surface area contributed by atoms with E-state index in [0.717, 1.165) is 49.9 Å². The van der Waals surface area contributed by atoms with E-state index in [9.17, 15) is 0 Å². The third-order valence-corrected chi connectivity index (χ3v) is 4.06. The highest BCUT2D eigenvalue weighted by molar-refractivity contribution is 5.37. The Bertz CT molecular complexity index is 460. The molecule has 0 amide bonds. The van der Waals surface area contributed by atoms with Crippen molar-refractivity contribution in [2.45, 2.75) is 39.2 Å². The van der Waals surface area contributed by atoms with Crippen molar-refractivity contribution in [3.8, 4) is 0 Å². The number of likely N-dealkylation sites (N-methyl/N-ethyl adjacent to an activating group) is 2. The predicted molar refractivity (Wildman–Crippen MR) is 87.8 cm³/mol. The van der Waals surface area contributed by atoms with Crippen molar-refractivity contribution >= 4 is 5.82 Å². The van der Waals surface area contributed by atoms with Crippen LogP contribution in [0.3, 0.4) is 0 Å². The van der Waals surface area contributed by atoms with Gasteiger partial charge in [0.25, 0.3) is 0 Å². The molecule has 118 valence electrons. The van der Waals surface area contributed by atoms with Crippen LogP contribution in [-0.2, 0) is 0 Å². The Morgan fingerprint density at radius 3 is 2.71 bits per heavy atom. The number of anilines is 1. The largest absolute Gasteiger partial charge is 0.370 e. The Balaban J connectivity index is 2.29. The molecule has 0 bridgehead atoms. The van der Waals surface area contributed by atoms with Crippen LogP contribution in [0.25, 0.3) is 0 Å². The van der Waals surface area contributed by atoms with Crippen LogP contribution in [-0.4, -0.2) is 60.0 Å². The molecule has 1 atom stereocenters. The number of hydrogen-bond donors (Lipinski definition) is 1. The molecule has 2 heterocycles. The maximum atomic E-state index is 4.83. The van der Waals surface area contributed by atoms with E-state index in [1.165, 1.54) is 0 Å². The number of rotatable bonds is 5. The van der Waals surface area contributed by atoms with Crippen molar-refractivity contribution in [1.29, 1.82) is 0 Å². The number of nitrogens with zero attached hydrogens (tertiary/aromatic N) is 4. The molecule has 1 aliphatic rings. The molecule has 1 fully saturated rings. The summed E-state index contributed by atoms with van der Waals surface area (Å²) in [7, 11) is 4.34. The summed E-state index contributed by atoms with van der Waals surface area (Å²) in [6.45, 7) is 10.7. The third kappa shape index (κ3) is 4.14. The van der Waals surface area contributed by atoms with Crippen molar-refractivity contribution in [2.75, 3.05) is 45.6 Å². The third-order valence-electron chi connectivity index (χ3n) is 4.06. The lowest BCUT2D eigenvalue weighted by molar-refractivity contribution is 0.109. The zero-order valence-corrected chi connectivity index (χ0v) is 14.1. The van der Waals surface area contributed by atoms with Gasteiger partial charge in [-0.05, 0) is 26.4 Å². The molecule has 1 N–H and O–H groups in total. The van der Waals surface area contributed by atoms with E-state index in [2.05, 4.69) is 56.0 Å². The summed E-state index contributed by atoms with van der Waals surface area (Å²) in [6.07, 6.45) is 1.10. The summed E-state index contributed by atoms with van der Waals surface area (Å²) < 4.78 is 0. The maximum Gasteiger partial charge on any atom is 0.149 e. The molecule has 1 aromatic rings. The quantitative estimate of drug-likeness (QED) is 0.902. The predicted octanol–water partition coefficient (Wildman–Crippen LogP) is 2.34. The highest BCUT2D eigenvalue weighted by Crippen LogP contribution is 2.24. The van der Waals surface area contributed by atoms with Gasteiger partial charge in [-0.25, -0.2) is 9.97 Å². The Labute approximate surface area is 128 Å². The van der Waals surface area contributed by atoms with Crippen molar-refractivity contribution in [3.05, 3.63) is 17.6 Å². The lowest BCUT2D eigenvalue weighted by Gasteiger charge is -2.36. The molecule has 0 radical (unpaired) electrons. The first-order valence-electron chi connectivity index (χ1n) is 8.02. The van der Waals surface area contributed by atoms with Crippen LogP contribution in [0.1, 0.15) is 50.7 Å². The Morgan fingerprint density at radius 2 is 2.05 bits per heavy atom. The first-order chi connectivity index (χ1) is 10.0. The molecule has 0 aromatic carbocycles. The molecule has 5 heteroatoms. The normalized spacial score (nSPS) is 21.0. The highest BCUT2D eigenvalue weighted by atomic mass is 15.3. The van der Waals surface area contributed by atoms with Gasteiger partial charge in [-0.15, -0.1) is 0 Å². The van der Waals surface area contributed by atoms with Gasteiger partial charge in [-0.3, -0.25) is 4.90 Å². The van der Waals surface area contributed by atoms with E-state index >= 15 is 0 Å². The fraction of sp³-hybridized carbons (Fsp3) is 0.750. The summed E-state index contributed by atoms with van der Waals surface area (Å²) in [5.41, 5.74) is 1.13. The molecule has 0 aliphatic carbocycles. The van der Waals surface area contributed by atoms with Crippen molar-refractivity contribution in [2.24, 2.45) is 0 Å². The molecule has 21 heavy (non-hydrogen) atoms. The second-order valence-electron chi connectivity index (χ2n) is 6.38. The summed E-state index contributed by atoms with van der Waals surface area (Å²) >= 11 is 0. The number of piperazine rings is 1. The summed E-state index contributed by atoms with van der Waals surface area (Å²) in [4.78, 5) is 14.3. The molecule has 0 saturated carbocycles. The number of aromatic nitrogens is 2. The van der Waals surface area contributed by atoms with Crippen LogP contribution in [0.15, 0.2) is 6.07 Å². The van der Waals surface area contributed by atoms with Crippen LogP contribution in [0, 0.1) is 0 Å². The lowest BCUT2D eigenvalue weighted by Crippen LogP contribution is -2.45. The standard InChI is InChI=1S/C16H29N5/c1-6-7-17-15-10-13(12(2)3)18-16(19-15)14-11-20(4)8-9-21(14)5/h10,12,14H,6-9,11H2,1-5H3,(H,17,18,19). The minimum absolute atomic E-state index is 0.282. The Kier molecular flexibility index (Phi) is 5.53. The van der Waals surface area contributed by atoms with Crippen LogP contribution in [0.2, 0.25) is 0 Å². The molecule has 0 spiro atoms. The van der Waals surface area contributed by atoms with Gasteiger partial charge in [0.2, 0.25) is 0 Å². The van der Waals surface area contributed by atoms with Crippen LogP contribution in [0.4, 0.5) is 5.82 Å². The molecule has 5 nitrogen and oxygen atoms in total. The molecular formula is C16H29N5. The second-order valence-corrected chi connectivity index (χ2v) is 6.38. The van der Waals surface area contributed by atoms with Crippen LogP contribution < -0.4 is 5.32 Å². The summed E-state index contributed by atoms with van der Waals surface area (Å²) in [5, 5.41) is 3.41. The molecule has 1 aliphatic heterocycles. The number of nitrogens with one attached hydrogen (secondary N) is 1. The van der Waals surface area contributed by atoms with E-state index in [4.69, 9.17) is 9.97 Å². The zero-order chi connectivity index (χ0) is 15.4. The summed E-state index contributed by atoms with van der Waals surface area (Å²) in [5.74, 6) is 2.33. The maximum absolute atomic E-state index is 4.83. The van der Waals surface area contributed by atoms with Gasteiger partial charge in [0, 0.05) is 37.9 Å². The number of hydrogen-bond acceptors (Lipinski definition) is 5. The Hall–Kier alpha value is -1.20. The van der Waals surface area contributed by atoms with Crippen molar-refractivity contribution in [1.82, 2.24) is 19.8 Å². The van der Waals surface area contributed by atoms with Gasteiger partial charge < -0.3 is 10.2 Å². The van der Waals surface area contributed by atoms with Gasteiger partial charge in [-0.2, -0.15) is 0 Å². The van der Waals surface area contributed by atoms with Gasteiger partial charge in [-0.1, -0.05) is 20.8 Å². The average molecular weight is 291 g/mol. The topological polar surface area (TPSA) is 44.3 Å². The first-order valence-corrected chi connectivity index (χ1v) is 8.02. The minimum atomic E-state index is 0.282. The van der Waals surface area contributed by atoms with E-state index < -0.39 is 0 Å². The fourth-order valence-electron chi connectivity index (χ4n) is 2.56. The van der Waals surface area contributed by atoms with E-state index in [1.807, 2.05) is 0 Å². The zero-order valence-electron chi connectivity index (χ0n) is 14.1. The fourth-order valence-corrected chi connectivity index (χ4v) is 2.56. The van der Waals surface area contributed by atoms with Crippen molar-refractivity contribution < 1.29 is 0 Å². The first kappa shape index (κ1) is 16.2. The van der Waals surface area contributed by atoms with Gasteiger partial charge in [0.15, 0.2) is 0 Å². The van der Waals surface area contributed by atoms with Gasteiger partial charge >= 0.3 is 0 Å². The SMILES string of the molecule is CCCNc1cc(C(C)C)nc(C2CN(C)CCN2C)n1.